The number of nitrogens with zero attached hydrogens (tertiary/aromatic N) is 3. The third-order valence-electron chi connectivity index (χ3n) is 4.86. The molecule has 31 heavy (non-hydrogen) atoms. The maximum absolute atomic E-state index is 12.9. The van der Waals surface area contributed by atoms with Gasteiger partial charge in [0.15, 0.2) is 0 Å². The van der Waals surface area contributed by atoms with E-state index in [1.807, 2.05) is 19.9 Å². The average Bonchev–Trinajstić information content (AvgIpc) is 2.69. The fourth-order valence-electron chi connectivity index (χ4n) is 3.15. The summed E-state index contributed by atoms with van der Waals surface area (Å²) in [6.07, 6.45) is 0. The summed E-state index contributed by atoms with van der Waals surface area (Å²) in [5.41, 5.74) is 3.07. The van der Waals surface area contributed by atoms with E-state index in [-0.39, 0.29) is 10.8 Å². The lowest BCUT2D eigenvalue weighted by Gasteiger charge is -2.20. The second-order valence-corrected chi connectivity index (χ2v) is 10.4. The van der Waals surface area contributed by atoms with Gasteiger partial charge >= 0.3 is 0 Å². The molecule has 1 unspecified atom stereocenters. The van der Waals surface area contributed by atoms with Crippen LogP contribution in [0.2, 0.25) is 0 Å². The van der Waals surface area contributed by atoms with Crippen LogP contribution in [0.3, 0.4) is 0 Å². The molecule has 0 aliphatic carbocycles. The normalized spacial score (nSPS) is 12.5. The van der Waals surface area contributed by atoms with Crippen molar-refractivity contribution in [1.29, 1.82) is 5.26 Å². The Morgan fingerprint density at radius 3 is 2.42 bits per heavy atom. The van der Waals surface area contributed by atoms with E-state index in [2.05, 4.69) is 16.4 Å². The van der Waals surface area contributed by atoms with Gasteiger partial charge in [0.25, 0.3) is 0 Å². The summed E-state index contributed by atoms with van der Waals surface area (Å²) in [5, 5.41) is 12.2. The molecule has 0 radical (unpaired) electrons. The number of carbonyl (C=O) groups excluding carboxylic acids is 1. The second kappa shape index (κ2) is 10.3. The summed E-state index contributed by atoms with van der Waals surface area (Å²) in [5.74, 6) is -0.301. The molecule has 1 aromatic carbocycles. The molecule has 0 fully saturated rings. The number of rotatable bonds is 8. The first-order chi connectivity index (χ1) is 14.5. The van der Waals surface area contributed by atoms with Crippen molar-refractivity contribution in [3.05, 3.63) is 46.6 Å². The molecule has 2 rings (SSSR count). The third kappa shape index (κ3) is 5.64. The van der Waals surface area contributed by atoms with Crippen LogP contribution in [0.25, 0.3) is 0 Å². The number of aromatic nitrogens is 1. The number of carbonyl (C=O) groups is 1. The minimum absolute atomic E-state index is 0.178. The standard InChI is InChI=1S/C22H28N4O3S2/c1-7-26(8-2)31(28,29)20-12-18(10-9-14(20)3)25-21(27)17(6)30-22-19(13-23)15(4)11-16(5)24-22/h9-12,17H,7-8H2,1-6H3,(H,25,27). The number of thioether (sulfide) groups is 1. The number of amides is 1. The maximum Gasteiger partial charge on any atom is 0.243 e. The van der Waals surface area contributed by atoms with Crippen molar-refractivity contribution in [2.45, 2.75) is 56.7 Å². The van der Waals surface area contributed by atoms with Crippen molar-refractivity contribution in [3.8, 4) is 6.07 Å². The molecule has 9 heteroatoms. The lowest BCUT2D eigenvalue weighted by Crippen LogP contribution is -2.31. The molecular formula is C22H28N4O3S2. The molecule has 0 spiro atoms. The second-order valence-electron chi connectivity index (χ2n) is 7.19. The number of nitrogens with one attached hydrogen (secondary N) is 1. The third-order valence-corrected chi connectivity index (χ3v) is 8.14. The van der Waals surface area contributed by atoms with Crippen molar-refractivity contribution in [2.75, 3.05) is 18.4 Å². The van der Waals surface area contributed by atoms with Gasteiger partial charge in [0, 0.05) is 24.5 Å². The highest BCUT2D eigenvalue weighted by atomic mass is 32.2. The Bertz CT molecular complexity index is 1120. The van der Waals surface area contributed by atoms with Gasteiger partial charge in [-0.15, -0.1) is 0 Å². The first-order valence-electron chi connectivity index (χ1n) is 10.0. The molecule has 1 atom stereocenters. The van der Waals surface area contributed by atoms with Gasteiger partial charge in [-0.1, -0.05) is 31.7 Å². The van der Waals surface area contributed by atoms with E-state index in [4.69, 9.17) is 0 Å². The molecule has 2 aromatic rings. The number of hydrogen-bond donors (Lipinski definition) is 1. The highest BCUT2D eigenvalue weighted by Crippen LogP contribution is 2.29. The summed E-state index contributed by atoms with van der Waals surface area (Å²) in [6, 6.07) is 8.84. The van der Waals surface area contributed by atoms with E-state index >= 15 is 0 Å². The largest absolute Gasteiger partial charge is 0.325 e. The zero-order valence-corrected chi connectivity index (χ0v) is 20.3. The minimum atomic E-state index is -3.65. The topological polar surface area (TPSA) is 103 Å². The zero-order valence-electron chi connectivity index (χ0n) is 18.7. The van der Waals surface area contributed by atoms with Crippen molar-refractivity contribution in [1.82, 2.24) is 9.29 Å². The Balaban J connectivity index is 2.26. The maximum atomic E-state index is 12.9. The highest BCUT2D eigenvalue weighted by Gasteiger charge is 2.25. The van der Waals surface area contributed by atoms with Crippen LogP contribution < -0.4 is 5.32 Å². The van der Waals surface area contributed by atoms with Crippen molar-refractivity contribution >= 4 is 33.4 Å². The predicted octanol–water partition coefficient (Wildman–Crippen LogP) is 4.03. The van der Waals surface area contributed by atoms with Crippen LogP contribution >= 0.6 is 11.8 Å². The van der Waals surface area contributed by atoms with E-state index in [0.717, 1.165) is 11.3 Å². The highest BCUT2D eigenvalue weighted by molar-refractivity contribution is 8.00. The Kier molecular flexibility index (Phi) is 8.23. The molecule has 0 aliphatic rings. The summed E-state index contributed by atoms with van der Waals surface area (Å²) >= 11 is 1.20. The van der Waals surface area contributed by atoms with Crippen LogP contribution in [0.5, 0.6) is 0 Å². The molecular weight excluding hydrogens is 432 g/mol. The van der Waals surface area contributed by atoms with Crippen LogP contribution in [-0.2, 0) is 14.8 Å². The van der Waals surface area contributed by atoms with Gasteiger partial charge in [0.05, 0.1) is 15.7 Å². The lowest BCUT2D eigenvalue weighted by molar-refractivity contribution is -0.115. The summed E-state index contributed by atoms with van der Waals surface area (Å²) in [7, 11) is -3.65. The van der Waals surface area contributed by atoms with Crippen molar-refractivity contribution < 1.29 is 13.2 Å². The number of aryl methyl sites for hydroxylation is 3. The van der Waals surface area contributed by atoms with E-state index in [1.165, 1.54) is 22.1 Å². The van der Waals surface area contributed by atoms with Crippen molar-refractivity contribution in [2.24, 2.45) is 0 Å². The predicted molar refractivity (Wildman–Crippen MR) is 124 cm³/mol. The van der Waals surface area contributed by atoms with Crippen LogP contribution in [-0.4, -0.2) is 42.0 Å². The number of pyridine rings is 1. The van der Waals surface area contributed by atoms with Crippen LogP contribution in [0.1, 0.15) is 43.2 Å². The molecule has 1 amide bonds. The molecule has 166 valence electrons. The fraction of sp³-hybridized carbons (Fsp3) is 0.409. The number of nitriles is 1. The number of sulfonamides is 1. The van der Waals surface area contributed by atoms with Gasteiger partial charge in [-0.2, -0.15) is 9.57 Å². The molecule has 0 aliphatic heterocycles. The average molecular weight is 461 g/mol. The number of hydrogen-bond acceptors (Lipinski definition) is 6. The Morgan fingerprint density at radius 2 is 1.84 bits per heavy atom. The van der Waals surface area contributed by atoms with Crippen LogP contribution in [0.15, 0.2) is 34.2 Å². The molecule has 0 saturated carbocycles. The summed E-state index contributed by atoms with van der Waals surface area (Å²) in [6.45, 7) is 11.4. The van der Waals surface area contributed by atoms with Crippen LogP contribution in [0, 0.1) is 32.1 Å². The van der Waals surface area contributed by atoms with Crippen molar-refractivity contribution in [3.63, 3.8) is 0 Å². The molecule has 1 heterocycles. The van der Waals surface area contributed by atoms with E-state index in [0.29, 0.717) is 34.9 Å². The first-order valence-corrected chi connectivity index (χ1v) is 12.3. The first kappa shape index (κ1) is 24.9. The fourth-order valence-corrected chi connectivity index (χ4v) is 5.88. The van der Waals surface area contributed by atoms with E-state index in [9.17, 15) is 18.5 Å². The smallest absolute Gasteiger partial charge is 0.243 e. The molecule has 1 aromatic heterocycles. The quantitative estimate of drug-likeness (QED) is 0.597. The van der Waals surface area contributed by atoms with E-state index in [1.54, 1.807) is 39.8 Å². The van der Waals surface area contributed by atoms with Gasteiger partial charge < -0.3 is 5.32 Å². The van der Waals surface area contributed by atoms with Gasteiger partial charge in [-0.25, -0.2) is 13.4 Å². The molecule has 0 saturated heterocycles. The molecule has 0 bridgehead atoms. The molecule has 7 nitrogen and oxygen atoms in total. The van der Waals surface area contributed by atoms with E-state index < -0.39 is 15.3 Å². The Labute approximate surface area is 188 Å². The van der Waals surface area contributed by atoms with Gasteiger partial charge in [0.1, 0.15) is 11.1 Å². The molecule has 1 N–H and O–H groups in total. The van der Waals surface area contributed by atoms with Gasteiger partial charge in [-0.05, 0) is 57.0 Å². The SMILES string of the molecule is CCN(CC)S(=O)(=O)c1cc(NC(=O)C(C)Sc2nc(C)cc(C)c2C#N)ccc1C. The minimum Gasteiger partial charge on any atom is -0.325 e. The number of benzene rings is 1. The monoisotopic (exact) mass is 460 g/mol. The van der Waals surface area contributed by atoms with Gasteiger partial charge in [-0.3, -0.25) is 4.79 Å². The van der Waals surface area contributed by atoms with Crippen LogP contribution in [0.4, 0.5) is 5.69 Å². The zero-order chi connectivity index (χ0) is 23.3. The lowest BCUT2D eigenvalue weighted by atomic mass is 10.1. The van der Waals surface area contributed by atoms with Gasteiger partial charge in [0.2, 0.25) is 15.9 Å². The summed E-state index contributed by atoms with van der Waals surface area (Å²) < 4.78 is 27.2. The Morgan fingerprint density at radius 1 is 1.19 bits per heavy atom. The Hall–Kier alpha value is -2.41. The number of anilines is 1. The summed E-state index contributed by atoms with van der Waals surface area (Å²) in [4.78, 5) is 17.4.